The van der Waals surface area contributed by atoms with Gasteiger partial charge in [0.1, 0.15) is 5.75 Å². The fourth-order valence-corrected chi connectivity index (χ4v) is 1.38. The van der Waals surface area contributed by atoms with Gasteiger partial charge in [0.25, 0.3) is 0 Å². The van der Waals surface area contributed by atoms with Gasteiger partial charge in [-0.1, -0.05) is 13.3 Å². The van der Waals surface area contributed by atoms with Gasteiger partial charge in [-0.25, -0.2) is 4.79 Å². The van der Waals surface area contributed by atoms with Crippen LogP contribution in [0, 0.1) is 6.92 Å². The minimum Gasteiger partial charge on any atom is -0.497 e. The molecule has 16 heavy (non-hydrogen) atoms. The number of benzene rings is 1. The molecule has 0 unspecified atom stereocenters. The highest BCUT2D eigenvalue weighted by Crippen LogP contribution is 2.17. The van der Waals surface area contributed by atoms with E-state index in [2.05, 4.69) is 6.92 Å². The minimum absolute atomic E-state index is 0.256. The van der Waals surface area contributed by atoms with Crippen molar-refractivity contribution in [3.63, 3.8) is 0 Å². The first-order chi connectivity index (χ1) is 7.69. The summed E-state index contributed by atoms with van der Waals surface area (Å²) in [7, 11) is 1.61. The number of unbranched alkanes of at least 4 members (excludes halogenated alkanes) is 1. The summed E-state index contributed by atoms with van der Waals surface area (Å²) in [4.78, 5) is 11.7. The molecule has 0 spiro atoms. The van der Waals surface area contributed by atoms with Crippen molar-refractivity contribution in [3.8, 4) is 5.75 Å². The Bertz CT molecular complexity index is 358. The van der Waals surface area contributed by atoms with Crippen molar-refractivity contribution in [2.45, 2.75) is 26.7 Å². The maximum absolute atomic E-state index is 11.7. The molecule has 0 aliphatic carbocycles. The van der Waals surface area contributed by atoms with Gasteiger partial charge in [0.05, 0.1) is 19.3 Å². The van der Waals surface area contributed by atoms with Crippen LogP contribution in [-0.4, -0.2) is 19.7 Å². The van der Waals surface area contributed by atoms with Gasteiger partial charge in [0, 0.05) is 0 Å². The molecule has 0 bridgehead atoms. The molecule has 88 valence electrons. The number of ether oxygens (including phenoxy) is 2. The maximum atomic E-state index is 11.7. The van der Waals surface area contributed by atoms with Gasteiger partial charge in [0.15, 0.2) is 0 Å². The van der Waals surface area contributed by atoms with Crippen LogP contribution in [0.5, 0.6) is 5.75 Å². The SMILES string of the molecule is CCCCOC(=O)c1ccc(OC)cc1C. The number of carbonyl (C=O) groups excluding carboxylic acids is 1. The standard InChI is InChI=1S/C13H18O3/c1-4-5-8-16-13(14)12-7-6-11(15-3)9-10(12)2/h6-7,9H,4-5,8H2,1-3H3. The predicted octanol–water partition coefficient (Wildman–Crippen LogP) is 2.96. The lowest BCUT2D eigenvalue weighted by atomic mass is 10.1. The molecule has 1 rings (SSSR count). The smallest absolute Gasteiger partial charge is 0.338 e. The van der Waals surface area contributed by atoms with Crippen molar-refractivity contribution < 1.29 is 14.3 Å². The Kier molecular flexibility index (Phi) is 4.83. The highest BCUT2D eigenvalue weighted by Gasteiger charge is 2.10. The molecule has 0 heterocycles. The van der Waals surface area contributed by atoms with Crippen molar-refractivity contribution in [1.29, 1.82) is 0 Å². The number of carbonyl (C=O) groups is 1. The molecule has 3 heteroatoms. The van der Waals surface area contributed by atoms with Crippen molar-refractivity contribution >= 4 is 5.97 Å². The fraction of sp³-hybridized carbons (Fsp3) is 0.462. The van der Waals surface area contributed by atoms with Gasteiger partial charge in [-0.15, -0.1) is 0 Å². The molecule has 0 amide bonds. The van der Waals surface area contributed by atoms with Crippen LogP contribution in [0.1, 0.15) is 35.7 Å². The first-order valence-corrected chi connectivity index (χ1v) is 5.50. The Labute approximate surface area is 96.4 Å². The average molecular weight is 222 g/mol. The molecule has 3 nitrogen and oxygen atoms in total. The summed E-state index contributed by atoms with van der Waals surface area (Å²) in [5, 5.41) is 0. The minimum atomic E-state index is -0.256. The second-order valence-corrected chi connectivity index (χ2v) is 3.67. The molecular formula is C13H18O3. The van der Waals surface area contributed by atoms with Crippen LogP contribution in [-0.2, 0) is 4.74 Å². The quantitative estimate of drug-likeness (QED) is 0.567. The van der Waals surface area contributed by atoms with Crippen LogP contribution in [0.2, 0.25) is 0 Å². The highest BCUT2D eigenvalue weighted by atomic mass is 16.5. The van der Waals surface area contributed by atoms with Crippen LogP contribution in [0.15, 0.2) is 18.2 Å². The molecule has 0 radical (unpaired) electrons. The fourth-order valence-electron chi connectivity index (χ4n) is 1.38. The monoisotopic (exact) mass is 222 g/mol. The number of hydrogen-bond donors (Lipinski definition) is 0. The second-order valence-electron chi connectivity index (χ2n) is 3.67. The summed E-state index contributed by atoms with van der Waals surface area (Å²) in [5.41, 5.74) is 1.48. The van der Waals surface area contributed by atoms with Crippen LogP contribution < -0.4 is 4.74 Å². The first-order valence-electron chi connectivity index (χ1n) is 5.50. The first kappa shape index (κ1) is 12.6. The molecule has 0 aliphatic heterocycles. The largest absolute Gasteiger partial charge is 0.497 e. The number of esters is 1. The number of rotatable bonds is 5. The van der Waals surface area contributed by atoms with E-state index in [9.17, 15) is 4.79 Å². The molecule has 0 aromatic heterocycles. The van der Waals surface area contributed by atoms with E-state index < -0.39 is 0 Å². The van der Waals surface area contributed by atoms with E-state index in [-0.39, 0.29) is 5.97 Å². The lowest BCUT2D eigenvalue weighted by Crippen LogP contribution is -2.08. The summed E-state index contributed by atoms with van der Waals surface area (Å²) < 4.78 is 10.2. The van der Waals surface area contributed by atoms with Crippen molar-refractivity contribution in [3.05, 3.63) is 29.3 Å². The van der Waals surface area contributed by atoms with Crippen molar-refractivity contribution in [2.24, 2.45) is 0 Å². The third kappa shape index (κ3) is 3.26. The van der Waals surface area contributed by atoms with E-state index in [0.717, 1.165) is 24.2 Å². The van der Waals surface area contributed by atoms with E-state index in [4.69, 9.17) is 9.47 Å². The van der Waals surface area contributed by atoms with Gasteiger partial charge < -0.3 is 9.47 Å². The average Bonchev–Trinajstić information content (AvgIpc) is 2.29. The molecule has 0 atom stereocenters. The Balaban J connectivity index is 2.68. The molecular weight excluding hydrogens is 204 g/mol. The Morgan fingerprint density at radius 3 is 2.69 bits per heavy atom. The van der Waals surface area contributed by atoms with E-state index >= 15 is 0 Å². The van der Waals surface area contributed by atoms with Gasteiger partial charge in [-0.05, 0) is 37.1 Å². The number of hydrogen-bond acceptors (Lipinski definition) is 3. The third-order valence-corrected chi connectivity index (χ3v) is 2.38. The van der Waals surface area contributed by atoms with Gasteiger partial charge in [-0.3, -0.25) is 0 Å². The topological polar surface area (TPSA) is 35.5 Å². The zero-order chi connectivity index (χ0) is 12.0. The Hall–Kier alpha value is -1.51. The molecule has 0 fully saturated rings. The summed E-state index contributed by atoms with van der Waals surface area (Å²) in [6.45, 7) is 4.42. The Morgan fingerprint density at radius 2 is 2.12 bits per heavy atom. The normalized spacial score (nSPS) is 9.94. The summed E-state index contributed by atoms with van der Waals surface area (Å²) >= 11 is 0. The van der Waals surface area contributed by atoms with Crippen molar-refractivity contribution in [2.75, 3.05) is 13.7 Å². The summed E-state index contributed by atoms with van der Waals surface area (Å²) in [6.07, 6.45) is 1.93. The predicted molar refractivity (Wildman–Crippen MR) is 62.9 cm³/mol. The zero-order valence-corrected chi connectivity index (χ0v) is 10.1. The Morgan fingerprint density at radius 1 is 1.38 bits per heavy atom. The van der Waals surface area contributed by atoms with E-state index in [0.29, 0.717) is 12.2 Å². The van der Waals surface area contributed by atoms with Crippen LogP contribution in [0.3, 0.4) is 0 Å². The molecule has 0 saturated heterocycles. The zero-order valence-electron chi connectivity index (χ0n) is 10.1. The molecule has 1 aromatic rings. The second kappa shape index (κ2) is 6.16. The highest BCUT2D eigenvalue weighted by molar-refractivity contribution is 5.91. The lowest BCUT2D eigenvalue weighted by molar-refractivity contribution is 0.0499. The van der Waals surface area contributed by atoms with Gasteiger partial charge >= 0.3 is 5.97 Å². The van der Waals surface area contributed by atoms with E-state index in [1.54, 1.807) is 19.2 Å². The molecule has 0 N–H and O–H groups in total. The van der Waals surface area contributed by atoms with Crippen LogP contribution in [0.25, 0.3) is 0 Å². The number of methoxy groups -OCH3 is 1. The third-order valence-electron chi connectivity index (χ3n) is 2.38. The summed E-state index contributed by atoms with van der Waals surface area (Å²) in [5.74, 6) is 0.496. The molecule has 1 aromatic carbocycles. The van der Waals surface area contributed by atoms with Crippen molar-refractivity contribution in [1.82, 2.24) is 0 Å². The van der Waals surface area contributed by atoms with Crippen LogP contribution >= 0.6 is 0 Å². The molecule has 0 aliphatic rings. The van der Waals surface area contributed by atoms with Crippen LogP contribution in [0.4, 0.5) is 0 Å². The molecule has 0 saturated carbocycles. The summed E-state index contributed by atoms with van der Waals surface area (Å²) in [6, 6.07) is 5.34. The lowest BCUT2D eigenvalue weighted by Gasteiger charge is -2.08. The van der Waals surface area contributed by atoms with Gasteiger partial charge in [-0.2, -0.15) is 0 Å². The number of aryl methyl sites for hydroxylation is 1. The van der Waals surface area contributed by atoms with E-state index in [1.807, 2.05) is 13.0 Å². The van der Waals surface area contributed by atoms with Gasteiger partial charge in [0.2, 0.25) is 0 Å². The maximum Gasteiger partial charge on any atom is 0.338 e. The van der Waals surface area contributed by atoms with E-state index in [1.165, 1.54) is 0 Å².